The van der Waals surface area contributed by atoms with Gasteiger partial charge in [0.05, 0.1) is 29.7 Å². The summed E-state index contributed by atoms with van der Waals surface area (Å²) in [5, 5.41) is 5.01. The molecule has 8 nitrogen and oxygen atoms in total. The first-order valence-corrected chi connectivity index (χ1v) is 9.67. The van der Waals surface area contributed by atoms with E-state index >= 15 is 0 Å². The quantitative estimate of drug-likeness (QED) is 0.652. The number of aromatic nitrogens is 6. The number of hydrogen-bond acceptors (Lipinski definition) is 7. The maximum absolute atomic E-state index is 5.95. The maximum atomic E-state index is 5.95. The lowest BCUT2D eigenvalue weighted by molar-refractivity contribution is 0.215. The molecule has 4 rings (SSSR count). The molecule has 0 saturated carbocycles. The minimum Gasteiger partial charge on any atom is -0.477 e. The first kappa shape index (κ1) is 18.6. The van der Waals surface area contributed by atoms with E-state index in [1.54, 1.807) is 17.1 Å². The van der Waals surface area contributed by atoms with Gasteiger partial charge in [-0.1, -0.05) is 11.6 Å². The van der Waals surface area contributed by atoms with E-state index in [0.717, 1.165) is 43.3 Å². The van der Waals surface area contributed by atoms with Crippen LogP contribution < -0.4 is 9.64 Å². The Bertz CT molecular complexity index is 936. The molecule has 0 spiro atoms. The lowest BCUT2D eigenvalue weighted by Gasteiger charge is -2.31. The van der Waals surface area contributed by atoms with Crippen LogP contribution in [0.4, 0.5) is 5.95 Å². The first-order chi connectivity index (χ1) is 13.6. The fourth-order valence-corrected chi connectivity index (χ4v) is 3.45. The summed E-state index contributed by atoms with van der Waals surface area (Å²) in [6, 6.07) is 3.84. The molecule has 0 aromatic carbocycles. The molecule has 0 radical (unpaired) electrons. The zero-order valence-electron chi connectivity index (χ0n) is 15.9. The molecule has 0 bridgehead atoms. The Hall–Kier alpha value is -2.74. The van der Waals surface area contributed by atoms with Gasteiger partial charge in [-0.2, -0.15) is 5.10 Å². The first-order valence-electron chi connectivity index (χ1n) is 9.29. The molecule has 0 atom stereocenters. The molecule has 9 heteroatoms. The molecular formula is C19H22ClN7O. The second-order valence-electron chi connectivity index (χ2n) is 7.00. The van der Waals surface area contributed by atoms with E-state index in [-0.39, 0.29) is 0 Å². The topological polar surface area (TPSA) is 81.9 Å². The number of rotatable bonds is 5. The average molecular weight is 400 g/mol. The molecule has 1 aliphatic rings. The van der Waals surface area contributed by atoms with Crippen molar-refractivity contribution in [2.45, 2.75) is 26.7 Å². The van der Waals surface area contributed by atoms with Gasteiger partial charge in [0.25, 0.3) is 0 Å². The van der Waals surface area contributed by atoms with Gasteiger partial charge in [0.2, 0.25) is 11.8 Å². The monoisotopic (exact) mass is 399 g/mol. The summed E-state index contributed by atoms with van der Waals surface area (Å²) < 4.78 is 7.75. The Labute approximate surface area is 168 Å². The van der Waals surface area contributed by atoms with Gasteiger partial charge in [0.1, 0.15) is 6.33 Å². The van der Waals surface area contributed by atoms with Crippen LogP contribution >= 0.6 is 11.6 Å². The molecule has 146 valence electrons. The highest BCUT2D eigenvalue weighted by atomic mass is 35.5. The minimum atomic E-state index is 0.468. The van der Waals surface area contributed by atoms with Crippen LogP contribution in [0.3, 0.4) is 0 Å². The molecule has 1 saturated heterocycles. The van der Waals surface area contributed by atoms with Crippen LogP contribution in [0.1, 0.15) is 24.2 Å². The van der Waals surface area contributed by atoms with Gasteiger partial charge in [0.15, 0.2) is 5.82 Å². The standard InChI is InChI=1S/C19H22ClN7O/c1-13-7-14(2)27(25-13)17-8-18(24-12-23-17)28-11-15-3-5-26(6-4-15)19-21-9-16(20)10-22-19/h7-10,12,15H,3-6,11H2,1-2H3. The lowest BCUT2D eigenvalue weighted by atomic mass is 9.98. The van der Waals surface area contributed by atoms with Gasteiger partial charge < -0.3 is 9.64 Å². The van der Waals surface area contributed by atoms with Crippen LogP contribution in [-0.4, -0.2) is 49.4 Å². The molecule has 3 aromatic rings. The lowest BCUT2D eigenvalue weighted by Crippen LogP contribution is -2.36. The van der Waals surface area contributed by atoms with Gasteiger partial charge in [-0.25, -0.2) is 24.6 Å². The molecular weight excluding hydrogens is 378 g/mol. The summed E-state index contributed by atoms with van der Waals surface area (Å²) in [6.07, 6.45) is 6.81. The largest absolute Gasteiger partial charge is 0.477 e. The summed E-state index contributed by atoms with van der Waals surface area (Å²) in [6.45, 7) is 6.39. The fraction of sp³-hybridized carbons (Fsp3) is 0.421. The van der Waals surface area contributed by atoms with Crippen LogP contribution in [0.15, 0.2) is 30.9 Å². The third-order valence-corrected chi connectivity index (χ3v) is 5.02. The molecule has 0 N–H and O–H groups in total. The van der Waals surface area contributed by atoms with Crippen LogP contribution in [-0.2, 0) is 0 Å². The normalized spacial score (nSPS) is 15.0. The van der Waals surface area contributed by atoms with E-state index in [1.807, 2.05) is 26.0 Å². The number of anilines is 1. The van der Waals surface area contributed by atoms with Crippen molar-refractivity contribution in [3.63, 3.8) is 0 Å². The zero-order valence-corrected chi connectivity index (χ0v) is 16.7. The van der Waals surface area contributed by atoms with Crippen molar-refractivity contribution in [3.05, 3.63) is 47.3 Å². The summed E-state index contributed by atoms with van der Waals surface area (Å²) in [7, 11) is 0. The van der Waals surface area contributed by atoms with Crippen molar-refractivity contribution in [3.8, 4) is 11.7 Å². The summed E-state index contributed by atoms with van der Waals surface area (Å²) >= 11 is 5.86. The van der Waals surface area contributed by atoms with Gasteiger partial charge >= 0.3 is 0 Å². The summed E-state index contributed by atoms with van der Waals surface area (Å²) in [4.78, 5) is 19.3. The molecule has 0 aliphatic carbocycles. The number of nitrogens with zero attached hydrogens (tertiary/aromatic N) is 7. The van der Waals surface area contributed by atoms with Crippen LogP contribution in [0.5, 0.6) is 5.88 Å². The Balaban J connectivity index is 1.32. The third kappa shape index (κ3) is 4.22. The SMILES string of the molecule is Cc1cc(C)n(-c2cc(OCC3CCN(c4ncc(Cl)cn4)CC3)ncn2)n1. The molecule has 0 unspecified atom stereocenters. The molecule has 4 heterocycles. The Morgan fingerprint density at radius 2 is 1.82 bits per heavy atom. The smallest absolute Gasteiger partial charge is 0.225 e. The highest BCUT2D eigenvalue weighted by Gasteiger charge is 2.21. The van der Waals surface area contributed by atoms with Crippen molar-refractivity contribution in [1.82, 2.24) is 29.7 Å². The van der Waals surface area contributed by atoms with Crippen molar-refractivity contribution in [1.29, 1.82) is 0 Å². The van der Waals surface area contributed by atoms with Crippen molar-refractivity contribution < 1.29 is 4.74 Å². The van der Waals surface area contributed by atoms with E-state index in [4.69, 9.17) is 16.3 Å². The van der Waals surface area contributed by atoms with Crippen LogP contribution in [0.2, 0.25) is 5.02 Å². The van der Waals surface area contributed by atoms with E-state index in [1.165, 1.54) is 6.33 Å². The van der Waals surface area contributed by atoms with Gasteiger partial charge in [0, 0.05) is 24.8 Å². The highest BCUT2D eigenvalue weighted by molar-refractivity contribution is 6.30. The van der Waals surface area contributed by atoms with Gasteiger partial charge in [-0.05, 0) is 38.7 Å². The number of piperidine rings is 1. The predicted octanol–water partition coefficient (Wildman–Crippen LogP) is 3.02. The molecule has 0 amide bonds. The maximum Gasteiger partial charge on any atom is 0.225 e. The molecule has 3 aromatic heterocycles. The second kappa shape index (κ2) is 8.10. The summed E-state index contributed by atoms with van der Waals surface area (Å²) in [5.41, 5.74) is 1.98. The number of ether oxygens (including phenoxy) is 1. The average Bonchev–Trinajstić information content (AvgIpc) is 3.06. The van der Waals surface area contributed by atoms with Crippen LogP contribution in [0, 0.1) is 19.8 Å². The number of aryl methyl sites for hydroxylation is 2. The number of hydrogen-bond donors (Lipinski definition) is 0. The Morgan fingerprint density at radius 1 is 1.07 bits per heavy atom. The van der Waals surface area contributed by atoms with E-state index in [0.29, 0.717) is 29.2 Å². The zero-order chi connectivity index (χ0) is 19.5. The fourth-order valence-electron chi connectivity index (χ4n) is 3.36. The van der Waals surface area contributed by atoms with E-state index < -0.39 is 0 Å². The van der Waals surface area contributed by atoms with E-state index in [2.05, 4.69) is 29.9 Å². The molecule has 28 heavy (non-hydrogen) atoms. The number of halogens is 1. The van der Waals surface area contributed by atoms with E-state index in [9.17, 15) is 0 Å². The minimum absolute atomic E-state index is 0.468. The third-order valence-electron chi connectivity index (χ3n) is 4.83. The predicted molar refractivity (Wildman–Crippen MR) is 106 cm³/mol. The van der Waals surface area contributed by atoms with Crippen molar-refractivity contribution in [2.24, 2.45) is 5.92 Å². The highest BCUT2D eigenvalue weighted by Crippen LogP contribution is 2.22. The van der Waals surface area contributed by atoms with Gasteiger partial charge in [-0.15, -0.1) is 0 Å². The molecule has 1 aliphatic heterocycles. The van der Waals surface area contributed by atoms with Gasteiger partial charge in [-0.3, -0.25) is 0 Å². The second-order valence-corrected chi connectivity index (χ2v) is 7.43. The molecule has 1 fully saturated rings. The Morgan fingerprint density at radius 3 is 2.50 bits per heavy atom. The Kier molecular flexibility index (Phi) is 5.38. The van der Waals surface area contributed by atoms with Crippen molar-refractivity contribution >= 4 is 17.5 Å². The summed E-state index contributed by atoms with van der Waals surface area (Å²) in [5.74, 6) is 2.48. The van der Waals surface area contributed by atoms with Crippen LogP contribution in [0.25, 0.3) is 5.82 Å². The van der Waals surface area contributed by atoms with Crippen molar-refractivity contribution in [2.75, 3.05) is 24.6 Å².